The summed E-state index contributed by atoms with van der Waals surface area (Å²) in [5, 5.41) is 2.17. The minimum atomic E-state index is -3.66. The SMILES string of the molecule is CCCN[C@@H]1CS(=O)(=O)C[C@H]1S(=O)(=O)c1ccc(CC)cc1. The first-order valence-corrected chi connectivity index (χ1v) is 10.9. The molecule has 0 aromatic heterocycles. The van der Waals surface area contributed by atoms with Gasteiger partial charge in [-0.05, 0) is 37.1 Å². The number of sulfone groups is 2. The summed E-state index contributed by atoms with van der Waals surface area (Å²) >= 11 is 0. The zero-order chi connectivity index (χ0) is 16.4. The van der Waals surface area contributed by atoms with Crippen LogP contribution in [0.3, 0.4) is 0 Å². The first kappa shape index (κ1) is 17.4. The Morgan fingerprint density at radius 2 is 1.77 bits per heavy atom. The highest BCUT2D eigenvalue weighted by atomic mass is 32.2. The standard InChI is InChI=1S/C15H23NO4S2/c1-3-9-16-14-10-21(17,18)11-15(14)22(19,20)13-7-5-12(4-2)6-8-13/h5-8,14-16H,3-4,9-11H2,1-2H3/t14-,15-/m1/s1. The first-order valence-electron chi connectivity index (χ1n) is 7.57. The predicted molar refractivity (Wildman–Crippen MR) is 87.5 cm³/mol. The Labute approximate surface area is 133 Å². The summed E-state index contributed by atoms with van der Waals surface area (Å²) in [4.78, 5) is 0.204. The van der Waals surface area contributed by atoms with Crippen LogP contribution >= 0.6 is 0 Å². The largest absolute Gasteiger partial charge is 0.312 e. The van der Waals surface area contributed by atoms with E-state index in [4.69, 9.17) is 0 Å². The van der Waals surface area contributed by atoms with Gasteiger partial charge in [0.25, 0.3) is 0 Å². The lowest BCUT2D eigenvalue weighted by Crippen LogP contribution is -2.43. The van der Waals surface area contributed by atoms with Crippen LogP contribution in [0.5, 0.6) is 0 Å². The van der Waals surface area contributed by atoms with E-state index in [9.17, 15) is 16.8 Å². The van der Waals surface area contributed by atoms with Crippen molar-refractivity contribution in [2.45, 2.75) is 42.9 Å². The summed E-state index contributed by atoms with van der Waals surface area (Å²) in [6.45, 7) is 4.57. The van der Waals surface area contributed by atoms with Crippen LogP contribution in [-0.4, -0.2) is 46.2 Å². The molecule has 0 spiro atoms. The Morgan fingerprint density at radius 1 is 1.14 bits per heavy atom. The van der Waals surface area contributed by atoms with Gasteiger partial charge in [0.2, 0.25) is 0 Å². The molecule has 0 aliphatic carbocycles. The zero-order valence-corrected chi connectivity index (χ0v) is 14.6. The maximum atomic E-state index is 12.8. The molecule has 0 saturated carbocycles. The van der Waals surface area contributed by atoms with Crippen LogP contribution in [-0.2, 0) is 26.1 Å². The second-order valence-corrected chi connectivity index (χ2v) is 10.0. The van der Waals surface area contributed by atoms with E-state index >= 15 is 0 Å². The van der Waals surface area contributed by atoms with Gasteiger partial charge in [-0.2, -0.15) is 0 Å². The third-order valence-electron chi connectivity index (χ3n) is 4.02. The van der Waals surface area contributed by atoms with Crippen molar-refractivity contribution in [1.29, 1.82) is 0 Å². The van der Waals surface area contributed by atoms with Gasteiger partial charge in [0, 0.05) is 6.04 Å². The van der Waals surface area contributed by atoms with Crippen molar-refractivity contribution in [1.82, 2.24) is 5.32 Å². The molecule has 1 N–H and O–H groups in total. The number of hydrogen-bond donors (Lipinski definition) is 1. The molecule has 0 amide bonds. The van der Waals surface area contributed by atoms with Crippen LogP contribution in [0.1, 0.15) is 25.8 Å². The molecule has 0 bridgehead atoms. The maximum Gasteiger partial charge on any atom is 0.183 e. The van der Waals surface area contributed by atoms with Crippen molar-refractivity contribution in [2.75, 3.05) is 18.1 Å². The van der Waals surface area contributed by atoms with Gasteiger partial charge in [-0.15, -0.1) is 0 Å². The van der Waals surface area contributed by atoms with Crippen LogP contribution in [0.25, 0.3) is 0 Å². The maximum absolute atomic E-state index is 12.8. The van der Waals surface area contributed by atoms with Crippen molar-refractivity contribution >= 4 is 19.7 Å². The molecule has 0 unspecified atom stereocenters. The van der Waals surface area contributed by atoms with Gasteiger partial charge < -0.3 is 5.32 Å². The number of aryl methyl sites for hydroxylation is 1. The summed E-state index contributed by atoms with van der Waals surface area (Å²) in [5.74, 6) is -0.407. The zero-order valence-electron chi connectivity index (χ0n) is 12.9. The van der Waals surface area contributed by atoms with E-state index in [1.807, 2.05) is 13.8 Å². The quantitative estimate of drug-likeness (QED) is 0.838. The van der Waals surface area contributed by atoms with Gasteiger partial charge in [-0.3, -0.25) is 0 Å². The van der Waals surface area contributed by atoms with E-state index in [1.165, 1.54) is 0 Å². The molecule has 1 fully saturated rings. The minimum absolute atomic E-state index is 0.107. The first-order chi connectivity index (χ1) is 10.3. The topological polar surface area (TPSA) is 80.3 Å². The second kappa shape index (κ2) is 6.68. The number of hydrogen-bond acceptors (Lipinski definition) is 5. The monoisotopic (exact) mass is 345 g/mol. The lowest BCUT2D eigenvalue weighted by molar-refractivity contribution is 0.525. The van der Waals surface area contributed by atoms with Crippen LogP contribution in [0, 0.1) is 0 Å². The van der Waals surface area contributed by atoms with Gasteiger partial charge in [0.05, 0.1) is 21.7 Å². The fraction of sp³-hybridized carbons (Fsp3) is 0.600. The molecule has 124 valence electrons. The second-order valence-electron chi connectivity index (χ2n) is 5.72. The summed E-state index contributed by atoms with van der Waals surface area (Å²) in [6.07, 6.45) is 1.66. The van der Waals surface area contributed by atoms with Crippen molar-refractivity contribution in [3.05, 3.63) is 29.8 Å². The van der Waals surface area contributed by atoms with Gasteiger partial charge in [-0.1, -0.05) is 26.0 Å². The molecule has 22 heavy (non-hydrogen) atoms. The highest BCUT2D eigenvalue weighted by Crippen LogP contribution is 2.26. The molecule has 7 heteroatoms. The normalized spacial score (nSPS) is 24.5. The Morgan fingerprint density at radius 3 is 2.32 bits per heavy atom. The molecule has 0 radical (unpaired) electrons. The Kier molecular flexibility index (Phi) is 5.29. The van der Waals surface area contributed by atoms with E-state index in [0.29, 0.717) is 6.54 Å². The van der Waals surface area contributed by atoms with Gasteiger partial charge in [0.1, 0.15) is 0 Å². The number of nitrogens with one attached hydrogen (secondary N) is 1. The third kappa shape index (κ3) is 3.70. The van der Waals surface area contributed by atoms with Crippen LogP contribution in [0.15, 0.2) is 29.2 Å². The smallest absolute Gasteiger partial charge is 0.183 e. The minimum Gasteiger partial charge on any atom is -0.312 e. The Hall–Kier alpha value is -0.920. The third-order valence-corrected chi connectivity index (χ3v) is 8.18. The van der Waals surface area contributed by atoms with E-state index in [1.54, 1.807) is 24.3 Å². The molecule has 1 aliphatic heterocycles. The molecule has 1 aromatic rings. The van der Waals surface area contributed by atoms with Gasteiger partial charge in [0.15, 0.2) is 19.7 Å². The van der Waals surface area contributed by atoms with Crippen LogP contribution in [0.4, 0.5) is 0 Å². The molecule has 2 atom stereocenters. The molecule has 1 aromatic carbocycles. The van der Waals surface area contributed by atoms with E-state index in [-0.39, 0.29) is 16.4 Å². The summed E-state index contributed by atoms with van der Waals surface area (Å²) in [7, 11) is -6.98. The number of rotatable bonds is 6. The van der Waals surface area contributed by atoms with Gasteiger partial charge in [-0.25, -0.2) is 16.8 Å². The summed E-state index contributed by atoms with van der Waals surface area (Å²) in [5.41, 5.74) is 1.05. The molecule has 1 aliphatic rings. The molecule has 5 nitrogen and oxygen atoms in total. The molecule has 1 saturated heterocycles. The van der Waals surface area contributed by atoms with Crippen molar-refractivity contribution in [3.8, 4) is 0 Å². The molecular formula is C15H23NO4S2. The van der Waals surface area contributed by atoms with Gasteiger partial charge >= 0.3 is 0 Å². The van der Waals surface area contributed by atoms with E-state index < -0.39 is 31.0 Å². The fourth-order valence-electron chi connectivity index (χ4n) is 2.73. The Bertz CT molecular complexity index is 708. The van der Waals surface area contributed by atoms with Crippen LogP contribution in [0.2, 0.25) is 0 Å². The Balaban J connectivity index is 2.32. The van der Waals surface area contributed by atoms with Crippen LogP contribution < -0.4 is 5.32 Å². The average molecular weight is 345 g/mol. The molecule has 2 rings (SSSR count). The van der Waals surface area contributed by atoms with Crippen molar-refractivity contribution in [2.24, 2.45) is 0 Å². The lowest BCUT2D eigenvalue weighted by atomic mass is 10.2. The highest BCUT2D eigenvalue weighted by Gasteiger charge is 2.45. The van der Waals surface area contributed by atoms with Crippen molar-refractivity contribution < 1.29 is 16.8 Å². The highest BCUT2D eigenvalue weighted by molar-refractivity contribution is 7.96. The fourth-order valence-corrected chi connectivity index (χ4v) is 7.45. The average Bonchev–Trinajstić information content (AvgIpc) is 2.81. The lowest BCUT2D eigenvalue weighted by Gasteiger charge is -2.19. The van der Waals surface area contributed by atoms with E-state index in [0.717, 1.165) is 18.4 Å². The number of benzene rings is 1. The van der Waals surface area contributed by atoms with E-state index in [2.05, 4.69) is 5.32 Å². The predicted octanol–water partition coefficient (Wildman–Crippen LogP) is 1.19. The molecular weight excluding hydrogens is 322 g/mol. The summed E-state index contributed by atoms with van der Waals surface area (Å²) < 4.78 is 49.4. The van der Waals surface area contributed by atoms with Crippen molar-refractivity contribution in [3.63, 3.8) is 0 Å². The summed E-state index contributed by atoms with van der Waals surface area (Å²) in [6, 6.07) is 6.20. The molecule has 1 heterocycles.